The standard InChI is InChI=1S/C11H16N4S/c1-8(2)13-11(16)15-14-9(3)10-5-4-6-12-7-10/h4-8H,1-3H3,(H2,13,15,16)/b14-9-. The van der Waals surface area contributed by atoms with E-state index in [-0.39, 0.29) is 0 Å². The van der Waals surface area contributed by atoms with Gasteiger partial charge in [0.2, 0.25) is 0 Å². The van der Waals surface area contributed by atoms with Crippen molar-refractivity contribution in [3.63, 3.8) is 0 Å². The second-order valence-electron chi connectivity index (χ2n) is 3.68. The minimum Gasteiger partial charge on any atom is -0.359 e. The van der Waals surface area contributed by atoms with Crippen molar-refractivity contribution in [3.8, 4) is 0 Å². The van der Waals surface area contributed by atoms with Crippen LogP contribution in [0, 0.1) is 0 Å². The fourth-order valence-corrected chi connectivity index (χ4v) is 1.35. The van der Waals surface area contributed by atoms with Gasteiger partial charge in [-0.05, 0) is 39.1 Å². The zero-order valence-electron chi connectivity index (χ0n) is 9.69. The molecule has 1 aromatic rings. The van der Waals surface area contributed by atoms with Gasteiger partial charge in [-0.15, -0.1) is 0 Å². The smallest absolute Gasteiger partial charge is 0.187 e. The van der Waals surface area contributed by atoms with Crippen LogP contribution in [0.1, 0.15) is 26.3 Å². The van der Waals surface area contributed by atoms with E-state index in [1.54, 1.807) is 12.4 Å². The Kier molecular flexibility index (Phi) is 4.85. The van der Waals surface area contributed by atoms with Crippen molar-refractivity contribution < 1.29 is 0 Å². The third-order valence-corrected chi connectivity index (χ3v) is 2.03. The van der Waals surface area contributed by atoms with E-state index >= 15 is 0 Å². The molecule has 0 aliphatic heterocycles. The van der Waals surface area contributed by atoms with Crippen LogP contribution < -0.4 is 10.7 Å². The van der Waals surface area contributed by atoms with Crippen LogP contribution in [0.15, 0.2) is 29.6 Å². The van der Waals surface area contributed by atoms with Crippen molar-refractivity contribution in [1.29, 1.82) is 0 Å². The molecule has 0 radical (unpaired) electrons. The summed E-state index contributed by atoms with van der Waals surface area (Å²) in [5.41, 5.74) is 4.62. The Morgan fingerprint density at radius 3 is 2.81 bits per heavy atom. The summed E-state index contributed by atoms with van der Waals surface area (Å²) in [6, 6.07) is 4.12. The Hall–Kier alpha value is -1.49. The lowest BCUT2D eigenvalue weighted by molar-refractivity contribution is 0.719. The molecule has 0 fully saturated rings. The Balaban J connectivity index is 2.55. The summed E-state index contributed by atoms with van der Waals surface area (Å²) in [5.74, 6) is 0. The van der Waals surface area contributed by atoms with Crippen LogP contribution in [0.5, 0.6) is 0 Å². The summed E-state index contributed by atoms with van der Waals surface area (Å²) in [6.07, 6.45) is 3.49. The van der Waals surface area contributed by atoms with E-state index in [1.165, 1.54) is 0 Å². The number of hydrazone groups is 1. The Labute approximate surface area is 101 Å². The molecule has 2 N–H and O–H groups in total. The van der Waals surface area contributed by atoms with Crippen LogP contribution in [0.25, 0.3) is 0 Å². The summed E-state index contributed by atoms with van der Waals surface area (Å²) in [5, 5.41) is 7.74. The van der Waals surface area contributed by atoms with E-state index in [1.807, 2.05) is 32.9 Å². The number of hydrogen-bond donors (Lipinski definition) is 2. The highest BCUT2D eigenvalue weighted by Gasteiger charge is 1.98. The molecule has 1 heterocycles. The molecule has 0 unspecified atom stereocenters. The second-order valence-corrected chi connectivity index (χ2v) is 4.09. The summed E-state index contributed by atoms with van der Waals surface area (Å²) < 4.78 is 0. The monoisotopic (exact) mass is 236 g/mol. The Morgan fingerprint density at radius 1 is 1.50 bits per heavy atom. The van der Waals surface area contributed by atoms with Gasteiger partial charge in [-0.1, -0.05) is 6.07 Å². The van der Waals surface area contributed by atoms with Crippen LogP contribution in [0.2, 0.25) is 0 Å². The molecule has 5 heteroatoms. The summed E-state index contributed by atoms with van der Waals surface area (Å²) >= 11 is 5.05. The highest BCUT2D eigenvalue weighted by molar-refractivity contribution is 7.80. The van der Waals surface area contributed by atoms with Crippen LogP contribution in [-0.4, -0.2) is 21.8 Å². The molecule has 86 valence electrons. The molecule has 1 aromatic heterocycles. The van der Waals surface area contributed by atoms with Gasteiger partial charge in [0.15, 0.2) is 5.11 Å². The maximum absolute atomic E-state index is 5.05. The lowest BCUT2D eigenvalue weighted by Gasteiger charge is -2.10. The fraction of sp³-hybridized carbons (Fsp3) is 0.364. The quantitative estimate of drug-likeness (QED) is 0.476. The van der Waals surface area contributed by atoms with Crippen LogP contribution >= 0.6 is 12.2 Å². The maximum atomic E-state index is 5.05. The zero-order chi connectivity index (χ0) is 12.0. The first-order valence-corrected chi connectivity index (χ1v) is 5.51. The molecule has 1 rings (SSSR count). The van der Waals surface area contributed by atoms with Crippen molar-refractivity contribution >= 4 is 23.0 Å². The van der Waals surface area contributed by atoms with Crippen molar-refractivity contribution in [1.82, 2.24) is 15.7 Å². The number of thiocarbonyl (C=S) groups is 1. The van der Waals surface area contributed by atoms with Crippen molar-refractivity contribution in [2.45, 2.75) is 26.8 Å². The Morgan fingerprint density at radius 2 is 2.25 bits per heavy atom. The molecule has 16 heavy (non-hydrogen) atoms. The normalized spacial score (nSPS) is 11.4. The minimum absolute atomic E-state index is 0.300. The molecule has 0 bridgehead atoms. The van der Waals surface area contributed by atoms with Gasteiger partial charge in [0.05, 0.1) is 5.71 Å². The van der Waals surface area contributed by atoms with Crippen molar-refractivity contribution in [2.75, 3.05) is 0 Å². The maximum Gasteiger partial charge on any atom is 0.187 e. The first-order chi connectivity index (χ1) is 7.59. The van der Waals surface area contributed by atoms with Gasteiger partial charge in [0.1, 0.15) is 0 Å². The molecule has 0 saturated carbocycles. The molecular weight excluding hydrogens is 220 g/mol. The van der Waals surface area contributed by atoms with E-state index < -0.39 is 0 Å². The largest absolute Gasteiger partial charge is 0.359 e. The van der Waals surface area contributed by atoms with Gasteiger partial charge in [-0.3, -0.25) is 10.4 Å². The first-order valence-electron chi connectivity index (χ1n) is 5.11. The molecule has 0 amide bonds. The summed E-state index contributed by atoms with van der Waals surface area (Å²) in [4.78, 5) is 4.02. The molecule has 0 saturated heterocycles. The van der Waals surface area contributed by atoms with Gasteiger partial charge in [-0.2, -0.15) is 5.10 Å². The molecule has 0 spiro atoms. The predicted octanol–water partition coefficient (Wildman–Crippen LogP) is 1.68. The average molecular weight is 236 g/mol. The van der Waals surface area contributed by atoms with E-state index in [9.17, 15) is 0 Å². The number of rotatable bonds is 3. The molecule has 4 nitrogen and oxygen atoms in total. The highest BCUT2D eigenvalue weighted by Crippen LogP contribution is 1.97. The number of hydrogen-bond acceptors (Lipinski definition) is 3. The van der Waals surface area contributed by atoms with E-state index in [0.29, 0.717) is 11.2 Å². The van der Waals surface area contributed by atoms with Gasteiger partial charge >= 0.3 is 0 Å². The van der Waals surface area contributed by atoms with Gasteiger partial charge < -0.3 is 5.32 Å². The van der Waals surface area contributed by atoms with E-state index in [2.05, 4.69) is 20.8 Å². The number of aromatic nitrogens is 1. The minimum atomic E-state index is 0.300. The second kappa shape index (κ2) is 6.17. The average Bonchev–Trinajstić information content (AvgIpc) is 2.26. The van der Waals surface area contributed by atoms with Gasteiger partial charge in [-0.25, -0.2) is 0 Å². The lowest BCUT2D eigenvalue weighted by atomic mass is 10.2. The first kappa shape index (κ1) is 12.6. The van der Waals surface area contributed by atoms with Crippen LogP contribution in [0.4, 0.5) is 0 Å². The number of pyridine rings is 1. The van der Waals surface area contributed by atoms with E-state index in [0.717, 1.165) is 11.3 Å². The molecule has 0 atom stereocenters. The van der Waals surface area contributed by atoms with E-state index in [4.69, 9.17) is 12.2 Å². The van der Waals surface area contributed by atoms with Crippen molar-refractivity contribution in [2.24, 2.45) is 5.10 Å². The zero-order valence-corrected chi connectivity index (χ0v) is 10.5. The fourth-order valence-electron chi connectivity index (χ4n) is 1.07. The molecule has 0 aliphatic rings. The summed E-state index contributed by atoms with van der Waals surface area (Å²) in [6.45, 7) is 5.94. The van der Waals surface area contributed by atoms with Crippen LogP contribution in [-0.2, 0) is 0 Å². The number of nitrogens with one attached hydrogen (secondary N) is 2. The predicted molar refractivity (Wildman–Crippen MR) is 70.5 cm³/mol. The Bertz CT molecular complexity index is 373. The van der Waals surface area contributed by atoms with Crippen molar-refractivity contribution in [3.05, 3.63) is 30.1 Å². The summed E-state index contributed by atoms with van der Waals surface area (Å²) in [7, 11) is 0. The van der Waals surface area contributed by atoms with Crippen LogP contribution in [0.3, 0.4) is 0 Å². The van der Waals surface area contributed by atoms with Gasteiger partial charge in [0.25, 0.3) is 0 Å². The molecule has 0 aromatic carbocycles. The molecular formula is C11H16N4S. The number of nitrogens with zero attached hydrogens (tertiary/aromatic N) is 2. The SMILES string of the molecule is C/C(=N/NC(=S)NC(C)C)c1cccnc1. The third kappa shape index (κ3) is 4.35. The molecule has 0 aliphatic carbocycles. The topological polar surface area (TPSA) is 49.3 Å². The highest BCUT2D eigenvalue weighted by atomic mass is 32.1. The lowest BCUT2D eigenvalue weighted by Crippen LogP contribution is -2.37. The third-order valence-electron chi connectivity index (χ3n) is 1.82. The van der Waals surface area contributed by atoms with Gasteiger partial charge in [0, 0.05) is 24.0 Å².